The maximum absolute atomic E-state index is 5.88. The fourth-order valence-electron chi connectivity index (χ4n) is 2.31. The zero-order valence-corrected chi connectivity index (χ0v) is 10.2. The fourth-order valence-corrected chi connectivity index (χ4v) is 2.31. The molecule has 1 heterocycles. The Kier molecular flexibility index (Phi) is 2.63. The Labute approximate surface area is 92.6 Å². The van der Waals surface area contributed by atoms with Gasteiger partial charge in [-0.2, -0.15) is 0 Å². The largest absolute Gasteiger partial charge is 0.495 e. The van der Waals surface area contributed by atoms with Gasteiger partial charge in [-0.3, -0.25) is 4.90 Å². The molecule has 15 heavy (non-hydrogen) atoms. The van der Waals surface area contributed by atoms with Crippen LogP contribution >= 0.6 is 0 Å². The third-order valence-corrected chi connectivity index (χ3v) is 3.25. The van der Waals surface area contributed by atoms with Crippen molar-refractivity contribution in [3.8, 4) is 0 Å². The first-order valence-corrected chi connectivity index (χ1v) is 5.74. The molecular formula is C13H21NO. The predicted molar refractivity (Wildman–Crippen MR) is 62.6 cm³/mol. The summed E-state index contributed by atoms with van der Waals surface area (Å²) in [4.78, 5) is 2.40. The molecule has 1 aliphatic heterocycles. The number of allylic oxidation sites excluding steroid dienone is 2. The molecule has 1 saturated heterocycles. The maximum atomic E-state index is 5.88. The SMILES string of the molecule is CN1CCOC2=C(C(C)(C)C)C=CCC21. The number of rotatable bonds is 0. The Morgan fingerprint density at radius 1 is 1.40 bits per heavy atom. The molecular weight excluding hydrogens is 186 g/mol. The van der Waals surface area contributed by atoms with Gasteiger partial charge in [0, 0.05) is 6.54 Å². The van der Waals surface area contributed by atoms with E-state index >= 15 is 0 Å². The lowest BCUT2D eigenvalue weighted by molar-refractivity contribution is 0.0601. The zero-order valence-electron chi connectivity index (χ0n) is 10.2. The molecule has 0 aromatic rings. The Bertz CT molecular complexity index is 309. The van der Waals surface area contributed by atoms with E-state index in [2.05, 4.69) is 44.9 Å². The Balaban J connectivity index is 2.38. The first-order valence-electron chi connectivity index (χ1n) is 5.74. The first-order chi connectivity index (χ1) is 7.00. The highest BCUT2D eigenvalue weighted by Gasteiger charge is 2.32. The van der Waals surface area contributed by atoms with E-state index in [0.29, 0.717) is 6.04 Å². The monoisotopic (exact) mass is 207 g/mol. The lowest BCUT2D eigenvalue weighted by atomic mass is 9.81. The van der Waals surface area contributed by atoms with Gasteiger partial charge in [-0.1, -0.05) is 32.9 Å². The van der Waals surface area contributed by atoms with Gasteiger partial charge in [0.05, 0.1) is 6.04 Å². The second kappa shape index (κ2) is 3.67. The summed E-state index contributed by atoms with van der Waals surface area (Å²) in [7, 11) is 2.19. The van der Waals surface area contributed by atoms with Gasteiger partial charge in [0.15, 0.2) is 0 Å². The molecule has 1 unspecified atom stereocenters. The van der Waals surface area contributed by atoms with E-state index in [9.17, 15) is 0 Å². The van der Waals surface area contributed by atoms with Crippen LogP contribution < -0.4 is 0 Å². The first kappa shape index (κ1) is 10.7. The van der Waals surface area contributed by atoms with Crippen LogP contribution in [0.2, 0.25) is 0 Å². The molecule has 1 aliphatic carbocycles. The molecule has 2 rings (SSSR count). The molecule has 1 atom stereocenters. The maximum Gasteiger partial charge on any atom is 0.117 e. The smallest absolute Gasteiger partial charge is 0.117 e. The zero-order chi connectivity index (χ0) is 11.1. The molecule has 0 radical (unpaired) electrons. The predicted octanol–water partition coefficient (Wildman–Crippen LogP) is 2.58. The summed E-state index contributed by atoms with van der Waals surface area (Å²) in [6.07, 6.45) is 5.61. The lowest BCUT2D eigenvalue weighted by Gasteiger charge is -2.39. The van der Waals surface area contributed by atoms with Gasteiger partial charge < -0.3 is 4.74 Å². The second-order valence-electron chi connectivity index (χ2n) is 5.51. The minimum atomic E-state index is 0.183. The van der Waals surface area contributed by atoms with E-state index < -0.39 is 0 Å². The van der Waals surface area contributed by atoms with Crippen molar-refractivity contribution in [1.82, 2.24) is 4.90 Å². The normalized spacial score (nSPS) is 27.6. The number of nitrogens with zero attached hydrogens (tertiary/aromatic N) is 1. The van der Waals surface area contributed by atoms with Gasteiger partial charge in [-0.15, -0.1) is 0 Å². The van der Waals surface area contributed by atoms with Gasteiger partial charge in [0.1, 0.15) is 12.4 Å². The van der Waals surface area contributed by atoms with E-state index in [4.69, 9.17) is 4.74 Å². The molecule has 84 valence electrons. The lowest BCUT2D eigenvalue weighted by Crippen LogP contribution is -2.43. The minimum absolute atomic E-state index is 0.183. The van der Waals surface area contributed by atoms with Crippen LogP contribution in [0.1, 0.15) is 27.2 Å². The number of ether oxygens (including phenoxy) is 1. The fraction of sp³-hybridized carbons (Fsp3) is 0.692. The average Bonchev–Trinajstić information content (AvgIpc) is 2.16. The third-order valence-electron chi connectivity index (χ3n) is 3.25. The van der Waals surface area contributed by atoms with E-state index in [0.717, 1.165) is 19.6 Å². The van der Waals surface area contributed by atoms with Crippen LogP contribution in [-0.4, -0.2) is 31.1 Å². The summed E-state index contributed by atoms with van der Waals surface area (Å²) in [5.74, 6) is 1.21. The van der Waals surface area contributed by atoms with Gasteiger partial charge in [0.25, 0.3) is 0 Å². The molecule has 1 fully saturated rings. The van der Waals surface area contributed by atoms with E-state index in [1.807, 2.05) is 0 Å². The number of morpholine rings is 1. The highest BCUT2D eigenvalue weighted by atomic mass is 16.5. The Morgan fingerprint density at radius 3 is 2.80 bits per heavy atom. The van der Waals surface area contributed by atoms with Crippen molar-refractivity contribution >= 4 is 0 Å². The molecule has 0 bridgehead atoms. The standard InChI is InChI=1S/C13H21NO/c1-13(2,3)10-6-5-7-11-12(10)15-9-8-14(11)4/h5-6,11H,7-9H2,1-4H3. The number of hydrogen-bond acceptors (Lipinski definition) is 2. The van der Waals surface area contributed by atoms with Gasteiger partial charge in [0.2, 0.25) is 0 Å². The molecule has 0 amide bonds. The van der Waals surface area contributed by atoms with Gasteiger partial charge >= 0.3 is 0 Å². The van der Waals surface area contributed by atoms with Crippen LogP contribution in [0.3, 0.4) is 0 Å². The highest BCUT2D eigenvalue weighted by molar-refractivity contribution is 5.35. The molecule has 2 aliphatic rings. The molecule has 0 aromatic carbocycles. The molecule has 0 spiro atoms. The van der Waals surface area contributed by atoms with E-state index in [-0.39, 0.29) is 5.41 Å². The average molecular weight is 207 g/mol. The molecule has 0 aromatic heterocycles. The number of fused-ring (bicyclic) bond motifs is 1. The van der Waals surface area contributed by atoms with Crippen LogP contribution in [0.4, 0.5) is 0 Å². The Morgan fingerprint density at radius 2 is 2.13 bits per heavy atom. The third kappa shape index (κ3) is 1.96. The summed E-state index contributed by atoms with van der Waals surface area (Å²) < 4.78 is 5.88. The van der Waals surface area contributed by atoms with Crippen LogP contribution in [-0.2, 0) is 4.74 Å². The topological polar surface area (TPSA) is 12.5 Å². The van der Waals surface area contributed by atoms with Crippen molar-refractivity contribution in [2.75, 3.05) is 20.2 Å². The van der Waals surface area contributed by atoms with Gasteiger partial charge in [-0.25, -0.2) is 0 Å². The molecule has 0 saturated carbocycles. The molecule has 2 heteroatoms. The minimum Gasteiger partial charge on any atom is -0.495 e. The number of hydrogen-bond donors (Lipinski definition) is 0. The van der Waals surface area contributed by atoms with Crippen molar-refractivity contribution in [1.29, 1.82) is 0 Å². The number of likely N-dealkylation sites (N-methyl/N-ethyl adjacent to an activating group) is 1. The van der Waals surface area contributed by atoms with Crippen LogP contribution in [0, 0.1) is 5.41 Å². The van der Waals surface area contributed by atoms with Crippen molar-refractivity contribution in [3.05, 3.63) is 23.5 Å². The quantitative estimate of drug-likeness (QED) is 0.605. The van der Waals surface area contributed by atoms with Crippen LogP contribution in [0.25, 0.3) is 0 Å². The summed E-state index contributed by atoms with van der Waals surface area (Å²) in [6.45, 7) is 8.62. The second-order valence-corrected chi connectivity index (χ2v) is 5.51. The Hall–Kier alpha value is -0.760. The summed E-state index contributed by atoms with van der Waals surface area (Å²) in [5.41, 5.74) is 1.55. The summed E-state index contributed by atoms with van der Waals surface area (Å²) in [5, 5.41) is 0. The van der Waals surface area contributed by atoms with Crippen molar-refractivity contribution in [2.24, 2.45) is 5.41 Å². The highest BCUT2D eigenvalue weighted by Crippen LogP contribution is 2.36. The van der Waals surface area contributed by atoms with Crippen molar-refractivity contribution in [2.45, 2.75) is 33.2 Å². The van der Waals surface area contributed by atoms with Crippen molar-refractivity contribution < 1.29 is 4.74 Å². The summed E-state index contributed by atoms with van der Waals surface area (Å²) in [6, 6.07) is 0.470. The van der Waals surface area contributed by atoms with Crippen LogP contribution in [0.5, 0.6) is 0 Å². The van der Waals surface area contributed by atoms with E-state index in [1.54, 1.807) is 0 Å². The van der Waals surface area contributed by atoms with Crippen molar-refractivity contribution in [3.63, 3.8) is 0 Å². The molecule has 0 N–H and O–H groups in total. The molecule has 2 nitrogen and oxygen atoms in total. The van der Waals surface area contributed by atoms with Gasteiger partial charge in [-0.05, 0) is 24.5 Å². The van der Waals surface area contributed by atoms with E-state index in [1.165, 1.54) is 11.3 Å². The summed E-state index contributed by atoms with van der Waals surface area (Å²) >= 11 is 0. The van der Waals surface area contributed by atoms with Crippen LogP contribution in [0.15, 0.2) is 23.5 Å².